The number of phenolic OH excluding ortho intramolecular Hbond substituents is 1. The summed E-state index contributed by atoms with van der Waals surface area (Å²) in [4.78, 5) is 27.7. The molecule has 0 aliphatic heterocycles. The van der Waals surface area contributed by atoms with Crippen LogP contribution in [0.5, 0.6) is 11.5 Å². The summed E-state index contributed by atoms with van der Waals surface area (Å²) in [5, 5.41) is 22.8. The number of hydrogen-bond donors (Lipinski definition) is 6. The molecule has 2 heterocycles. The molecule has 0 saturated carbocycles. The number of amides is 1. The van der Waals surface area contributed by atoms with Gasteiger partial charge in [-0.3, -0.25) is 9.59 Å². The zero-order chi connectivity index (χ0) is 24.0. The van der Waals surface area contributed by atoms with Crippen molar-refractivity contribution in [3.05, 3.63) is 59.9 Å². The molecule has 9 nitrogen and oxygen atoms in total. The first-order valence-corrected chi connectivity index (χ1v) is 10.4. The van der Waals surface area contributed by atoms with Crippen LogP contribution in [0.2, 0.25) is 0 Å². The monoisotopic (exact) mass is 452 g/mol. The number of carbonyl (C=O) groups is 2. The highest BCUT2D eigenvalue weighted by Gasteiger charge is 2.15. The lowest BCUT2D eigenvalue weighted by molar-refractivity contribution is -0.138. The van der Waals surface area contributed by atoms with Crippen LogP contribution >= 0.6 is 0 Å². The number of benzene rings is 2. The van der Waals surface area contributed by atoms with E-state index in [1.807, 2.05) is 24.4 Å². The highest BCUT2D eigenvalue weighted by atomic mass is 16.5. The van der Waals surface area contributed by atoms with Crippen LogP contribution in [-0.4, -0.2) is 51.8 Å². The van der Waals surface area contributed by atoms with Gasteiger partial charge in [0.2, 0.25) is 5.91 Å². The van der Waals surface area contributed by atoms with Crippen LogP contribution in [-0.2, 0) is 22.4 Å². The fourth-order valence-electron chi connectivity index (χ4n) is 3.52. The van der Waals surface area contributed by atoms with Crippen molar-refractivity contribution in [2.45, 2.75) is 25.8 Å². The third-order valence-corrected chi connectivity index (χ3v) is 5.25. The molecule has 0 aliphatic carbocycles. The molecule has 2 aromatic carbocycles. The van der Waals surface area contributed by atoms with E-state index in [1.165, 1.54) is 12.5 Å². The number of fused-ring (bicyclic) bond motifs is 2. The van der Waals surface area contributed by atoms with Gasteiger partial charge in [-0.2, -0.15) is 0 Å². The molecule has 2 aromatic heterocycles. The van der Waals surface area contributed by atoms with Crippen molar-refractivity contribution in [3.63, 3.8) is 0 Å². The van der Waals surface area contributed by atoms with E-state index in [9.17, 15) is 14.7 Å². The topological polar surface area (TPSA) is 153 Å². The number of carboxylic acid groups (broad SMARTS) is 1. The lowest BCUT2D eigenvalue weighted by Crippen LogP contribution is -2.32. The molecule has 33 heavy (non-hydrogen) atoms. The van der Waals surface area contributed by atoms with Crippen molar-refractivity contribution in [2.24, 2.45) is 5.73 Å². The Morgan fingerprint density at radius 1 is 1.06 bits per heavy atom. The van der Waals surface area contributed by atoms with Gasteiger partial charge in [0.25, 0.3) is 0 Å². The normalized spacial score (nSPS) is 11.6. The molecule has 0 spiro atoms. The van der Waals surface area contributed by atoms with E-state index in [-0.39, 0.29) is 18.1 Å². The van der Waals surface area contributed by atoms with E-state index in [0.29, 0.717) is 6.54 Å². The van der Waals surface area contributed by atoms with E-state index in [1.54, 1.807) is 31.5 Å². The van der Waals surface area contributed by atoms with Crippen LogP contribution in [0.25, 0.3) is 21.8 Å². The maximum atomic E-state index is 10.8. The van der Waals surface area contributed by atoms with Gasteiger partial charge in [0.15, 0.2) is 0 Å². The van der Waals surface area contributed by atoms with E-state index in [2.05, 4.69) is 15.3 Å². The molecule has 9 heteroatoms. The number of rotatable bonds is 7. The Morgan fingerprint density at radius 3 is 2.33 bits per heavy atom. The third-order valence-electron chi connectivity index (χ3n) is 5.25. The number of carboxylic acids is 1. The van der Waals surface area contributed by atoms with Crippen molar-refractivity contribution in [3.8, 4) is 11.5 Å². The summed E-state index contributed by atoms with van der Waals surface area (Å²) < 4.78 is 5.21. The van der Waals surface area contributed by atoms with Crippen molar-refractivity contribution in [1.82, 2.24) is 15.3 Å². The van der Waals surface area contributed by atoms with E-state index in [4.69, 9.17) is 15.6 Å². The fraction of sp³-hybridized carbons (Fsp3) is 0.250. The van der Waals surface area contributed by atoms with E-state index in [0.717, 1.165) is 39.5 Å². The average molecular weight is 453 g/mol. The number of H-pyrrole nitrogens is 2. The summed E-state index contributed by atoms with van der Waals surface area (Å²) in [7, 11) is 1.66. The molecular weight excluding hydrogens is 424 g/mol. The summed E-state index contributed by atoms with van der Waals surface area (Å²) >= 11 is 0. The molecule has 1 unspecified atom stereocenters. The minimum Gasteiger partial charge on any atom is -0.508 e. The Hall–Kier alpha value is -3.98. The maximum Gasteiger partial charge on any atom is 0.320 e. The lowest BCUT2D eigenvalue weighted by Gasteiger charge is -2.04. The Balaban J connectivity index is 0.000000186. The molecule has 0 fully saturated rings. The van der Waals surface area contributed by atoms with Crippen LogP contribution in [0, 0.1) is 0 Å². The SMILES string of the molecule is COc1ccc2[nH]cc(CCNC(C)=O)c2c1.NC(Cc1c[nH]c2ccc(O)cc12)C(=O)O. The van der Waals surface area contributed by atoms with Gasteiger partial charge in [-0.15, -0.1) is 0 Å². The second-order valence-corrected chi connectivity index (χ2v) is 7.65. The highest BCUT2D eigenvalue weighted by Crippen LogP contribution is 2.24. The number of methoxy groups -OCH3 is 1. The van der Waals surface area contributed by atoms with Gasteiger partial charge in [-0.1, -0.05) is 0 Å². The van der Waals surface area contributed by atoms with Crippen molar-refractivity contribution in [1.29, 1.82) is 0 Å². The minimum atomic E-state index is -1.03. The first kappa shape index (κ1) is 23.7. The number of aromatic amines is 2. The molecule has 174 valence electrons. The molecule has 7 N–H and O–H groups in total. The lowest BCUT2D eigenvalue weighted by atomic mass is 10.1. The first-order valence-electron chi connectivity index (χ1n) is 10.4. The number of hydrogen-bond acceptors (Lipinski definition) is 5. The minimum absolute atomic E-state index is 0.00224. The largest absolute Gasteiger partial charge is 0.508 e. The van der Waals surface area contributed by atoms with Crippen LogP contribution in [0.1, 0.15) is 18.1 Å². The zero-order valence-corrected chi connectivity index (χ0v) is 18.5. The third kappa shape index (κ3) is 6.05. The number of aromatic nitrogens is 2. The van der Waals surface area contributed by atoms with Crippen LogP contribution in [0.15, 0.2) is 48.8 Å². The van der Waals surface area contributed by atoms with Gasteiger partial charge in [-0.05, 0) is 53.9 Å². The Morgan fingerprint density at radius 2 is 1.70 bits per heavy atom. The zero-order valence-electron chi connectivity index (χ0n) is 18.5. The number of phenols is 1. The quantitative estimate of drug-likeness (QED) is 0.253. The standard InChI is InChI=1S/C13H16N2O2.C11H12N2O3/c1-9(16)14-6-5-10-8-15-13-4-3-11(17-2)7-12(10)13;12-9(11(15)16)3-6-5-13-10-2-1-7(14)4-8(6)10/h3-4,7-8,15H,5-6H2,1-2H3,(H,14,16);1-2,4-5,9,13-14H,3,12H2,(H,15,16). The second kappa shape index (κ2) is 10.6. The van der Waals surface area contributed by atoms with Gasteiger partial charge >= 0.3 is 5.97 Å². The predicted octanol–water partition coefficient (Wildman–Crippen LogP) is 2.68. The van der Waals surface area contributed by atoms with Crippen LogP contribution < -0.4 is 15.8 Å². The number of ether oxygens (including phenoxy) is 1. The molecule has 1 amide bonds. The summed E-state index contributed by atoms with van der Waals surface area (Å²) in [5.74, 6) is -0.0351. The fourth-order valence-corrected chi connectivity index (χ4v) is 3.52. The summed E-state index contributed by atoms with van der Waals surface area (Å²) in [6.07, 6.45) is 4.74. The molecule has 0 bridgehead atoms. The molecule has 1 atom stereocenters. The predicted molar refractivity (Wildman–Crippen MR) is 127 cm³/mol. The number of aliphatic carboxylic acids is 1. The van der Waals surface area contributed by atoms with Crippen LogP contribution in [0.3, 0.4) is 0 Å². The summed E-state index contributed by atoms with van der Waals surface area (Å²) in [6.45, 7) is 2.18. The molecule has 0 aliphatic rings. The summed E-state index contributed by atoms with van der Waals surface area (Å²) in [6, 6.07) is 9.90. The Bertz CT molecular complexity index is 1260. The Kier molecular flexibility index (Phi) is 7.57. The van der Waals surface area contributed by atoms with Gasteiger partial charge in [0, 0.05) is 54.1 Å². The first-order chi connectivity index (χ1) is 15.8. The Labute approximate surface area is 190 Å². The molecular formula is C24H28N4O5. The van der Waals surface area contributed by atoms with E-state index >= 15 is 0 Å². The second-order valence-electron chi connectivity index (χ2n) is 7.65. The van der Waals surface area contributed by atoms with Crippen molar-refractivity contribution in [2.75, 3.05) is 13.7 Å². The highest BCUT2D eigenvalue weighted by molar-refractivity contribution is 5.86. The van der Waals surface area contributed by atoms with E-state index < -0.39 is 12.0 Å². The van der Waals surface area contributed by atoms with Gasteiger partial charge in [0.05, 0.1) is 7.11 Å². The number of aromatic hydroxyl groups is 1. The molecule has 0 radical (unpaired) electrons. The number of carbonyl (C=O) groups excluding carboxylic acids is 1. The molecule has 4 rings (SSSR count). The molecule has 0 saturated heterocycles. The maximum absolute atomic E-state index is 10.8. The van der Waals surface area contributed by atoms with Crippen LogP contribution in [0.4, 0.5) is 0 Å². The van der Waals surface area contributed by atoms with Crippen molar-refractivity contribution < 1.29 is 24.5 Å². The van der Waals surface area contributed by atoms with Crippen molar-refractivity contribution >= 4 is 33.7 Å². The number of nitrogens with two attached hydrogens (primary N) is 1. The molecule has 4 aromatic rings. The smallest absolute Gasteiger partial charge is 0.320 e. The average Bonchev–Trinajstić information content (AvgIpc) is 3.37. The number of nitrogens with one attached hydrogen (secondary N) is 3. The van der Waals surface area contributed by atoms with Gasteiger partial charge in [-0.25, -0.2) is 0 Å². The van der Waals surface area contributed by atoms with Gasteiger partial charge in [0.1, 0.15) is 17.5 Å². The van der Waals surface area contributed by atoms with Gasteiger partial charge < -0.3 is 36.0 Å². The summed E-state index contributed by atoms with van der Waals surface area (Å²) in [5.41, 5.74) is 9.38.